The van der Waals surface area contributed by atoms with Crippen LogP contribution in [0.2, 0.25) is 0 Å². The molecule has 0 aliphatic rings. The standard InChI is InChI=1S/C13H11F2NO2S2/c1-7-11(5-12(17)18)20-13(16-7)19-6-8-2-3-9(14)4-10(8)15/h2-4H,5-6H2,1H3,(H,17,18). The average Bonchev–Trinajstić information content (AvgIpc) is 2.68. The van der Waals surface area contributed by atoms with Crippen LogP contribution < -0.4 is 0 Å². The summed E-state index contributed by atoms with van der Waals surface area (Å²) in [5.41, 5.74) is 1.07. The number of hydrogen-bond donors (Lipinski definition) is 1. The van der Waals surface area contributed by atoms with Crippen LogP contribution in [0.1, 0.15) is 16.1 Å². The van der Waals surface area contributed by atoms with Crippen LogP contribution >= 0.6 is 23.1 Å². The van der Waals surface area contributed by atoms with E-state index in [1.54, 1.807) is 6.92 Å². The number of aliphatic carboxylic acids is 1. The summed E-state index contributed by atoms with van der Waals surface area (Å²) >= 11 is 2.60. The number of benzene rings is 1. The molecule has 1 heterocycles. The summed E-state index contributed by atoms with van der Waals surface area (Å²) in [5, 5.41) is 8.76. The Morgan fingerprint density at radius 3 is 2.85 bits per heavy atom. The third-order valence-electron chi connectivity index (χ3n) is 2.55. The van der Waals surface area contributed by atoms with E-state index in [2.05, 4.69) is 4.98 Å². The molecule has 0 spiro atoms. The molecule has 0 radical (unpaired) electrons. The van der Waals surface area contributed by atoms with Crippen molar-refractivity contribution in [1.82, 2.24) is 4.98 Å². The van der Waals surface area contributed by atoms with Gasteiger partial charge in [0, 0.05) is 16.7 Å². The molecular weight excluding hydrogens is 304 g/mol. The zero-order chi connectivity index (χ0) is 14.7. The van der Waals surface area contributed by atoms with E-state index in [1.165, 1.54) is 35.2 Å². The Balaban J connectivity index is 2.05. The third kappa shape index (κ3) is 3.77. The molecule has 0 amide bonds. The Hall–Kier alpha value is -1.47. The van der Waals surface area contributed by atoms with Crippen LogP contribution in [-0.4, -0.2) is 16.1 Å². The Kier molecular flexibility index (Phi) is 4.72. The minimum atomic E-state index is -0.905. The maximum atomic E-state index is 13.5. The quantitative estimate of drug-likeness (QED) is 0.856. The molecule has 0 saturated heterocycles. The molecule has 106 valence electrons. The molecule has 0 aliphatic carbocycles. The molecule has 1 aromatic carbocycles. The van der Waals surface area contributed by atoms with Gasteiger partial charge < -0.3 is 5.11 Å². The topological polar surface area (TPSA) is 50.2 Å². The van der Waals surface area contributed by atoms with Gasteiger partial charge in [0.25, 0.3) is 0 Å². The Labute approximate surface area is 122 Å². The molecule has 2 aromatic rings. The molecule has 0 saturated carbocycles. The van der Waals surface area contributed by atoms with Gasteiger partial charge in [0.1, 0.15) is 11.6 Å². The third-order valence-corrected chi connectivity index (χ3v) is 4.90. The summed E-state index contributed by atoms with van der Waals surface area (Å²) in [6.07, 6.45) is -0.0605. The maximum Gasteiger partial charge on any atom is 0.308 e. The van der Waals surface area contributed by atoms with E-state index < -0.39 is 17.6 Å². The number of halogens is 2. The highest BCUT2D eigenvalue weighted by Gasteiger charge is 2.12. The lowest BCUT2D eigenvalue weighted by molar-refractivity contribution is -0.136. The van der Waals surface area contributed by atoms with Gasteiger partial charge in [-0.1, -0.05) is 17.8 Å². The summed E-state index contributed by atoms with van der Waals surface area (Å²) < 4.78 is 26.9. The van der Waals surface area contributed by atoms with Crippen molar-refractivity contribution in [3.05, 3.63) is 46.0 Å². The zero-order valence-electron chi connectivity index (χ0n) is 10.5. The fourth-order valence-electron chi connectivity index (χ4n) is 1.54. The van der Waals surface area contributed by atoms with Gasteiger partial charge in [-0.25, -0.2) is 13.8 Å². The predicted octanol–water partition coefficient (Wildman–Crippen LogP) is 3.65. The van der Waals surface area contributed by atoms with Crippen molar-refractivity contribution in [2.24, 2.45) is 0 Å². The maximum absolute atomic E-state index is 13.5. The molecule has 0 fully saturated rings. The van der Waals surface area contributed by atoms with Crippen LogP contribution in [-0.2, 0) is 17.0 Å². The largest absolute Gasteiger partial charge is 0.481 e. The van der Waals surface area contributed by atoms with Crippen LogP contribution in [0.25, 0.3) is 0 Å². The fraction of sp³-hybridized carbons (Fsp3) is 0.231. The van der Waals surface area contributed by atoms with Crippen LogP contribution in [0.5, 0.6) is 0 Å². The van der Waals surface area contributed by atoms with Gasteiger partial charge in [-0.15, -0.1) is 11.3 Å². The monoisotopic (exact) mass is 315 g/mol. The van der Waals surface area contributed by atoms with Crippen LogP contribution in [0.4, 0.5) is 8.78 Å². The van der Waals surface area contributed by atoms with Crippen molar-refractivity contribution in [2.75, 3.05) is 0 Å². The van der Waals surface area contributed by atoms with Crippen molar-refractivity contribution in [2.45, 2.75) is 23.4 Å². The SMILES string of the molecule is Cc1nc(SCc2ccc(F)cc2F)sc1CC(=O)O. The molecule has 0 bridgehead atoms. The highest BCUT2D eigenvalue weighted by Crippen LogP contribution is 2.30. The summed E-state index contributed by atoms with van der Waals surface area (Å²) in [6, 6.07) is 3.46. The van der Waals surface area contributed by atoms with Gasteiger partial charge in [-0.05, 0) is 18.6 Å². The highest BCUT2D eigenvalue weighted by atomic mass is 32.2. The smallest absolute Gasteiger partial charge is 0.308 e. The molecule has 1 N–H and O–H groups in total. The van der Waals surface area contributed by atoms with Crippen LogP contribution in [0.3, 0.4) is 0 Å². The first-order valence-corrected chi connectivity index (χ1v) is 7.50. The second-order valence-corrected chi connectivity index (χ2v) is 6.39. The number of rotatable bonds is 5. The highest BCUT2D eigenvalue weighted by molar-refractivity contribution is 8.00. The molecule has 7 heteroatoms. The van der Waals surface area contributed by atoms with Gasteiger partial charge in [0.15, 0.2) is 4.34 Å². The average molecular weight is 315 g/mol. The first-order valence-electron chi connectivity index (χ1n) is 5.70. The number of nitrogens with zero attached hydrogens (tertiary/aromatic N) is 1. The normalized spacial score (nSPS) is 10.8. The number of hydrogen-bond acceptors (Lipinski definition) is 4. The van der Waals surface area contributed by atoms with E-state index in [4.69, 9.17) is 5.11 Å². The van der Waals surface area contributed by atoms with Gasteiger partial charge in [-0.2, -0.15) is 0 Å². The molecule has 1 aromatic heterocycles. The zero-order valence-corrected chi connectivity index (χ0v) is 12.2. The van der Waals surface area contributed by atoms with E-state index in [9.17, 15) is 13.6 Å². The Morgan fingerprint density at radius 1 is 1.45 bits per heavy atom. The number of aryl methyl sites for hydroxylation is 1. The van der Waals surface area contributed by atoms with E-state index >= 15 is 0 Å². The second-order valence-electron chi connectivity index (χ2n) is 4.08. The van der Waals surface area contributed by atoms with Gasteiger partial charge in [0.2, 0.25) is 0 Å². The number of aromatic nitrogens is 1. The minimum Gasteiger partial charge on any atom is -0.481 e. The molecule has 0 unspecified atom stereocenters. The molecular formula is C13H11F2NO2S2. The van der Waals surface area contributed by atoms with Crippen LogP contribution in [0, 0.1) is 18.6 Å². The Morgan fingerprint density at radius 2 is 2.20 bits per heavy atom. The molecule has 0 aliphatic heterocycles. The Bertz CT molecular complexity index is 643. The lowest BCUT2D eigenvalue weighted by Gasteiger charge is -2.01. The second kappa shape index (κ2) is 6.32. The number of carboxylic acids is 1. The first kappa shape index (κ1) is 14.9. The number of carbonyl (C=O) groups is 1. The van der Waals surface area contributed by atoms with Crippen molar-refractivity contribution >= 4 is 29.1 Å². The lowest BCUT2D eigenvalue weighted by atomic mass is 10.2. The van der Waals surface area contributed by atoms with Crippen molar-refractivity contribution in [3.63, 3.8) is 0 Å². The van der Waals surface area contributed by atoms with Crippen molar-refractivity contribution in [3.8, 4) is 0 Å². The number of carboxylic acid groups (broad SMARTS) is 1. The number of thioether (sulfide) groups is 1. The van der Waals surface area contributed by atoms with Crippen molar-refractivity contribution in [1.29, 1.82) is 0 Å². The van der Waals surface area contributed by atoms with Crippen LogP contribution in [0.15, 0.2) is 22.5 Å². The predicted molar refractivity (Wildman–Crippen MR) is 74.1 cm³/mol. The van der Waals surface area contributed by atoms with E-state index in [0.717, 1.165) is 6.07 Å². The van der Waals surface area contributed by atoms with Gasteiger partial charge in [0.05, 0.1) is 12.1 Å². The van der Waals surface area contributed by atoms with Gasteiger partial charge in [-0.3, -0.25) is 4.79 Å². The summed E-state index contributed by atoms with van der Waals surface area (Å²) in [7, 11) is 0. The summed E-state index contributed by atoms with van der Waals surface area (Å²) in [4.78, 5) is 15.6. The fourth-order valence-corrected chi connectivity index (χ4v) is 3.75. The summed E-state index contributed by atoms with van der Waals surface area (Å²) in [6.45, 7) is 1.75. The first-order chi connectivity index (χ1) is 9.45. The van der Waals surface area contributed by atoms with E-state index in [-0.39, 0.29) is 6.42 Å². The van der Waals surface area contributed by atoms with E-state index in [0.29, 0.717) is 26.2 Å². The lowest BCUT2D eigenvalue weighted by Crippen LogP contribution is -1.99. The van der Waals surface area contributed by atoms with Gasteiger partial charge >= 0.3 is 5.97 Å². The molecule has 3 nitrogen and oxygen atoms in total. The van der Waals surface area contributed by atoms with E-state index in [1.807, 2.05) is 0 Å². The molecule has 20 heavy (non-hydrogen) atoms. The minimum absolute atomic E-state index is 0.0605. The molecule has 2 rings (SSSR count). The summed E-state index contributed by atoms with van der Waals surface area (Å²) in [5.74, 6) is -1.77. The number of thiazole rings is 1. The van der Waals surface area contributed by atoms with Crippen molar-refractivity contribution < 1.29 is 18.7 Å². The molecule has 0 atom stereocenters.